The third-order valence-electron chi connectivity index (χ3n) is 3.52. The number of aromatic nitrogens is 2. The van der Waals surface area contributed by atoms with Gasteiger partial charge in [-0.05, 0) is 30.7 Å². The summed E-state index contributed by atoms with van der Waals surface area (Å²) in [6.45, 7) is 2.08. The van der Waals surface area contributed by atoms with E-state index in [1.165, 1.54) is 5.56 Å². The fourth-order valence-electron chi connectivity index (χ4n) is 2.28. The average Bonchev–Trinajstić information content (AvgIpc) is 2.59. The van der Waals surface area contributed by atoms with Crippen LogP contribution in [0.1, 0.15) is 18.5 Å². The van der Waals surface area contributed by atoms with E-state index in [0.717, 1.165) is 0 Å². The van der Waals surface area contributed by atoms with E-state index in [1.807, 2.05) is 24.3 Å². The minimum absolute atomic E-state index is 0.123. The first-order valence-corrected chi connectivity index (χ1v) is 8.24. The van der Waals surface area contributed by atoms with Gasteiger partial charge in [-0.15, -0.1) is 0 Å². The Balaban J connectivity index is 1.77. The van der Waals surface area contributed by atoms with Gasteiger partial charge in [-0.2, -0.15) is 4.98 Å². The Bertz CT molecular complexity index is 804. The number of nitrogens with zero attached hydrogens (tertiary/aromatic N) is 2. The highest BCUT2D eigenvalue weighted by molar-refractivity contribution is 6.39. The lowest BCUT2D eigenvalue weighted by molar-refractivity contribution is 0.873. The topological polar surface area (TPSA) is 49.8 Å². The molecular formula is C18H16Cl2N4. The maximum atomic E-state index is 6.17. The predicted octanol–water partition coefficient (Wildman–Crippen LogP) is 5.70. The molecule has 0 amide bonds. The standard InChI is InChI=1S/C18H16Cl2N4/c1-12(13-6-3-2-4-7-13)22-16-10-11-21-18(23-16)24-17-14(19)8-5-9-15(17)20/h2-12H,1H3,(H2,21,22,23,24). The highest BCUT2D eigenvalue weighted by Gasteiger charge is 2.09. The number of para-hydroxylation sites is 1. The van der Waals surface area contributed by atoms with Gasteiger partial charge in [0.05, 0.1) is 15.7 Å². The Morgan fingerprint density at radius 1 is 0.917 bits per heavy atom. The molecule has 1 heterocycles. The Morgan fingerprint density at radius 2 is 1.62 bits per heavy atom. The van der Waals surface area contributed by atoms with Gasteiger partial charge in [0, 0.05) is 12.2 Å². The Labute approximate surface area is 150 Å². The zero-order chi connectivity index (χ0) is 16.9. The SMILES string of the molecule is CC(Nc1ccnc(Nc2c(Cl)cccc2Cl)n1)c1ccccc1. The molecule has 0 fully saturated rings. The molecule has 1 atom stereocenters. The number of benzene rings is 2. The number of halogens is 2. The van der Waals surface area contributed by atoms with Crippen molar-refractivity contribution in [3.63, 3.8) is 0 Å². The van der Waals surface area contributed by atoms with Gasteiger partial charge in [0.15, 0.2) is 0 Å². The van der Waals surface area contributed by atoms with Gasteiger partial charge < -0.3 is 10.6 Å². The van der Waals surface area contributed by atoms with Crippen LogP contribution in [-0.2, 0) is 0 Å². The lowest BCUT2D eigenvalue weighted by atomic mass is 10.1. The summed E-state index contributed by atoms with van der Waals surface area (Å²) in [6.07, 6.45) is 1.68. The zero-order valence-corrected chi connectivity index (χ0v) is 14.5. The minimum Gasteiger partial charge on any atom is -0.363 e. The van der Waals surface area contributed by atoms with E-state index in [9.17, 15) is 0 Å². The molecule has 2 aromatic carbocycles. The summed E-state index contributed by atoms with van der Waals surface area (Å²) in [5, 5.41) is 7.46. The first-order valence-electron chi connectivity index (χ1n) is 7.49. The zero-order valence-electron chi connectivity index (χ0n) is 13.0. The maximum Gasteiger partial charge on any atom is 0.229 e. The lowest BCUT2D eigenvalue weighted by Crippen LogP contribution is -2.09. The summed E-state index contributed by atoms with van der Waals surface area (Å²) in [4.78, 5) is 8.68. The van der Waals surface area contributed by atoms with Gasteiger partial charge in [-0.25, -0.2) is 4.98 Å². The van der Waals surface area contributed by atoms with Crippen molar-refractivity contribution in [1.29, 1.82) is 0 Å². The van der Waals surface area contributed by atoms with Crippen molar-refractivity contribution in [2.24, 2.45) is 0 Å². The van der Waals surface area contributed by atoms with Gasteiger partial charge >= 0.3 is 0 Å². The van der Waals surface area contributed by atoms with Crippen molar-refractivity contribution in [3.8, 4) is 0 Å². The van der Waals surface area contributed by atoms with Gasteiger partial charge in [0.1, 0.15) is 5.82 Å². The van der Waals surface area contributed by atoms with Crippen molar-refractivity contribution in [1.82, 2.24) is 9.97 Å². The molecule has 122 valence electrons. The summed E-state index contributed by atoms with van der Waals surface area (Å²) in [7, 11) is 0. The van der Waals surface area contributed by atoms with Crippen LogP contribution < -0.4 is 10.6 Å². The second kappa shape index (κ2) is 7.51. The number of hydrogen-bond donors (Lipinski definition) is 2. The normalized spacial score (nSPS) is 11.8. The highest BCUT2D eigenvalue weighted by Crippen LogP contribution is 2.31. The molecule has 0 bridgehead atoms. The number of hydrogen-bond acceptors (Lipinski definition) is 4. The molecule has 0 spiro atoms. The fourth-order valence-corrected chi connectivity index (χ4v) is 2.77. The summed E-state index contributed by atoms with van der Waals surface area (Å²) >= 11 is 12.3. The Morgan fingerprint density at radius 3 is 2.33 bits per heavy atom. The molecule has 2 N–H and O–H groups in total. The second-order valence-electron chi connectivity index (χ2n) is 5.26. The molecule has 0 saturated carbocycles. The first-order chi connectivity index (χ1) is 11.6. The van der Waals surface area contributed by atoms with Crippen LogP contribution in [0.2, 0.25) is 10.0 Å². The lowest BCUT2D eigenvalue weighted by Gasteiger charge is -2.15. The molecule has 3 aromatic rings. The van der Waals surface area contributed by atoms with E-state index in [1.54, 1.807) is 24.4 Å². The molecule has 1 aromatic heterocycles. The van der Waals surface area contributed by atoms with Crippen molar-refractivity contribution >= 4 is 40.7 Å². The van der Waals surface area contributed by atoms with E-state index in [0.29, 0.717) is 27.5 Å². The molecule has 0 radical (unpaired) electrons. The molecule has 3 rings (SSSR count). The van der Waals surface area contributed by atoms with Crippen molar-refractivity contribution in [3.05, 3.63) is 76.4 Å². The van der Waals surface area contributed by atoms with E-state index in [-0.39, 0.29) is 6.04 Å². The summed E-state index contributed by atoms with van der Waals surface area (Å²) < 4.78 is 0. The maximum absolute atomic E-state index is 6.17. The monoisotopic (exact) mass is 358 g/mol. The minimum atomic E-state index is 0.123. The second-order valence-corrected chi connectivity index (χ2v) is 6.08. The molecular weight excluding hydrogens is 343 g/mol. The van der Waals surface area contributed by atoms with Crippen LogP contribution in [0.25, 0.3) is 0 Å². The van der Waals surface area contributed by atoms with Gasteiger partial charge in [0.25, 0.3) is 0 Å². The molecule has 4 nitrogen and oxygen atoms in total. The van der Waals surface area contributed by atoms with Gasteiger partial charge in [0.2, 0.25) is 5.95 Å². The van der Waals surface area contributed by atoms with Gasteiger partial charge in [-0.1, -0.05) is 59.6 Å². The van der Waals surface area contributed by atoms with E-state index in [2.05, 4.69) is 39.7 Å². The smallest absolute Gasteiger partial charge is 0.229 e. The summed E-state index contributed by atoms with van der Waals surface area (Å²) in [5.41, 5.74) is 1.77. The van der Waals surface area contributed by atoms with Crippen molar-refractivity contribution in [2.75, 3.05) is 10.6 Å². The van der Waals surface area contributed by atoms with Crippen LogP contribution in [0.15, 0.2) is 60.8 Å². The summed E-state index contributed by atoms with van der Waals surface area (Å²) in [6, 6.07) is 17.4. The first kappa shape index (κ1) is 16.6. The molecule has 0 aliphatic heterocycles. The van der Waals surface area contributed by atoms with Crippen LogP contribution >= 0.6 is 23.2 Å². The average molecular weight is 359 g/mol. The quantitative estimate of drug-likeness (QED) is 0.614. The highest BCUT2D eigenvalue weighted by atomic mass is 35.5. The molecule has 6 heteroatoms. The predicted molar refractivity (Wildman–Crippen MR) is 100 cm³/mol. The summed E-state index contributed by atoms with van der Waals surface area (Å²) in [5.74, 6) is 1.14. The van der Waals surface area contributed by atoms with Gasteiger partial charge in [-0.3, -0.25) is 0 Å². The number of rotatable bonds is 5. The van der Waals surface area contributed by atoms with Crippen molar-refractivity contribution in [2.45, 2.75) is 13.0 Å². The van der Waals surface area contributed by atoms with Crippen LogP contribution in [-0.4, -0.2) is 9.97 Å². The molecule has 24 heavy (non-hydrogen) atoms. The Kier molecular flexibility index (Phi) is 5.18. The fraction of sp³-hybridized carbons (Fsp3) is 0.111. The third-order valence-corrected chi connectivity index (χ3v) is 4.15. The van der Waals surface area contributed by atoms with Crippen molar-refractivity contribution < 1.29 is 0 Å². The number of nitrogens with one attached hydrogen (secondary N) is 2. The molecule has 0 saturated heterocycles. The molecule has 1 unspecified atom stereocenters. The molecule has 0 aliphatic rings. The van der Waals surface area contributed by atoms with Crippen LogP contribution in [0.5, 0.6) is 0 Å². The Hall–Kier alpha value is -2.30. The van der Waals surface area contributed by atoms with Crippen LogP contribution in [0.4, 0.5) is 17.5 Å². The van der Waals surface area contributed by atoms with Crippen LogP contribution in [0, 0.1) is 0 Å². The van der Waals surface area contributed by atoms with Crippen LogP contribution in [0.3, 0.4) is 0 Å². The molecule has 0 aliphatic carbocycles. The van der Waals surface area contributed by atoms with E-state index < -0.39 is 0 Å². The van der Waals surface area contributed by atoms with E-state index >= 15 is 0 Å². The third kappa shape index (κ3) is 3.96. The largest absolute Gasteiger partial charge is 0.363 e. The number of anilines is 3. The van der Waals surface area contributed by atoms with E-state index in [4.69, 9.17) is 23.2 Å².